The zero-order chi connectivity index (χ0) is 9.49. The molecule has 11 heavy (non-hydrogen) atoms. The van der Waals surface area contributed by atoms with Gasteiger partial charge in [-0.05, 0) is 13.5 Å². The molecule has 0 aliphatic rings. The molecule has 0 rings (SSSR count). The van der Waals surface area contributed by atoms with Gasteiger partial charge in [-0.25, -0.2) is 4.57 Å². The summed E-state index contributed by atoms with van der Waals surface area (Å²) in [5.74, 6) is 0. The van der Waals surface area contributed by atoms with Gasteiger partial charge in [0.1, 0.15) is 6.23 Å². The fourth-order valence-corrected chi connectivity index (χ4v) is 0.295. The highest BCUT2D eigenvalue weighted by Gasteiger charge is 2.00. The molecule has 0 saturated heterocycles. The van der Waals surface area contributed by atoms with Crippen LogP contribution >= 0.6 is 7.82 Å². The number of aliphatic hydroxyl groups is 1. The normalized spacial score (nSPS) is 13.3. The van der Waals surface area contributed by atoms with Crippen molar-refractivity contribution in [1.29, 1.82) is 0 Å². The SMILES string of the molecule is CCNC(C)O.O=P(O)(O)O. The monoisotopic (exact) mass is 187 g/mol. The fraction of sp³-hybridized carbons (Fsp3) is 1.00. The van der Waals surface area contributed by atoms with Crippen LogP contribution in [0, 0.1) is 0 Å². The van der Waals surface area contributed by atoms with Crippen LogP contribution in [0.2, 0.25) is 0 Å². The molecule has 1 atom stereocenters. The number of rotatable bonds is 2. The van der Waals surface area contributed by atoms with Crippen LogP contribution in [0.1, 0.15) is 13.8 Å². The first-order chi connectivity index (χ1) is 4.77. The Kier molecular flexibility index (Phi) is 8.32. The molecular weight excluding hydrogens is 173 g/mol. The van der Waals surface area contributed by atoms with E-state index in [-0.39, 0.29) is 6.23 Å². The number of nitrogens with one attached hydrogen (secondary N) is 1. The molecule has 0 aromatic rings. The first-order valence-electron chi connectivity index (χ1n) is 2.97. The predicted molar refractivity (Wildman–Crippen MR) is 39.6 cm³/mol. The zero-order valence-corrected chi connectivity index (χ0v) is 7.32. The molecule has 0 aromatic carbocycles. The van der Waals surface area contributed by atoms with Gasteiger partial charge in [-0.1, -0.05) is 6.92 Å². The lowest BCUT2D eigenvalue weighted by Gasteiger charge is -2.00. The van der Waals surface area contributed by atoms with Gasteiger partial charge in [0, 0.05) is 0 Å². The molecule has 0 amide bonds. The summed E-state index contributed by atoms with van der Waals surface area (Å²) in [6.45, 7) is 4.48. The van der Waals surface area contributed by atoms with Gasteiger partial charge in [0.25, 0.3) is 0 Å². The van der Waals surface area contributed by atoms with E-state index in [1.54, 1.807) is 6.92 Å². The Balaban J connectivity index is 0. The van der Waals surface area contributed by atoms with Crippen LogP contribution in [0.25, 0.3) is 0 Å². The van der Waals surface area contributed by atoms with E-state index in [2.05, 4.69) is 5.32 Å². The standard InChI is InChI=1S/C4H11NO.H3O4P/c1-3-5-4(2)6;1-5(2,3)4/h4-6H,3H2,1-2H3;(H3,1,2,3,4). The summed E-state index contributed by atoms with van der Waals surface area (Å²) in [4.78, 5) is 21.6. The van der Waals surface area contributed by atoms with Crippen LogP contribution in [-0.2, 0) is 4.57 Å². The molecule has 0 aromatic heterocycles. The average molecular weight is 187 g/mol. The number of hydrogen-bond acceptors (Lipinski definition) is 3. The summed E-state index contributed by atoms with van der Waals surface area (Å²) in [7, 11) is -4.64. The molecule has 6 nitrogen and oxygen atoms in total. The summed E-state index contributed by atoms with van der Waals surface area (Å²) in [5.41, 5.74) is 0. The summed E-state index contributed by atoms with van der Waals surface area (Å²) in [5, 5.41) is 11.2. The van der Waals surface area contributed by atoms with Gasteiger partial charge in [0.2, 0.25) is 0 Å². The number of hydrogen-bond donors (Lipinski definition) is 5. The maximum Gasteiger partial charge on any atom is 0.466 e. The van der Waals surface area contributed by atoms with Crippen molar-refractivity contribution in [1.82, 2.24) is 5.32 Å². The van der Waals surface area contributed by atoms with Crippen molar-refractivity contribution in [3.63, 3.8) is 0 Å². The average Bonchev–Trinajstić information content (AvgIpc) is 1.58. The molecule has 0 saturated carbocycles. The highest BCUT2D eigenvalue weighted by atomic mass is 31.2. The zero-order valence-electron chi connectivity index (χ0n) is 6.43. The van der Waals surface area contributed by atoms with Crippen LogP contribution in [0.3, 0.4) is 0 Å². The van der Waals surface area contributed by atoms with Crippen LogP contribution in [0.5, 0.6) is 0 Å². The van der Waals surface area contributed by atoms with E-state index in [0.29, 0.717) is 0 Å². The molecule has 0 radical (unpaired) electrons. The Morgan fingerprint density at radius 1 is 1.45 bits per heavy atom. The Bertz CT molecular complexity index is 113. The molecule has 5 N–H and O–H groups in total. The van der Waals surface area contributed by atoms with Crippen LogP contribution in [0.15, 0.2) is 0 Å². The predicted octanol–water partition coefficient (Wildman–Crippen LogP) is -0.994. The Morgan fingerprint density at radius 2 is 1.73 bits per heavy atom. The van der Waals surface area contributed by atoms with Gasteiger partial charge < -0.3 is 19.8 Å². The van der Waals surface area contributed by atoms with E-state index in [9.17, 15) is 0 Å². The second-order valence-corrected chi connectivity index (χ2v) is 2.77. The highest BCUT2D eigenvalue weighted by Crippen LogP contribution is 2.25. The second-order valence-electron chi connectivity index (χ2n) is 1.75. The number of phosphoric acid groups is 1. The van der Waals surface area contributed by atoms with Crippen LogP contribution in [0.4, 0.5) is 0 Å². The summed E-state index contributed by atoms with van der Waals surface area (Å²) >= 11 is 0. The maximum atomic E-state index is 8.88. The van der Waals surface area contributed by atoms with Crippen molar-refractivity contribution >= 4 is 7.82 Å². The molecule has 70 valence electrons. The topological polar surface area (TPSA) is 110 Å². The van der Waals surface area contributed by atoms with E-state index in [4.69, 9.17) is 24.4 Å². The summed E-state index contributed by atoms with van der Waals surface area (Å²) in [6.07, 6.45) is -0.352. The molecule has 0 bridgehead atoms. The number of aliphatic hydroxyl groups excluding tert-OH is 1. The van der Waals surface area contributed by atoms with E-state index in [1.807, 2.05) is 6.92 Å². The quantitative estimate of drug-likeness (QED) is 0.280. The molecule has 0 aliphatic heterocycles. The minimum absolute atomic E-state index is 0.352. The third-order valence-corrected chi connectivity index (χ3v) is 0.500. The van der Waals surface area contributed by atoms with E-state index >= 15 is 0 Å². The van der Waals surface area contributed by atoms with E-state index in [1.165, 1.54) is 0 Å². The molecule has 0 heterocycles. The molecule has 0 spiro atoms. The van der Waals surface area contributed by atoms with Crippen molar-refractivity contribution < 1.29 is 24.4 Å². The summed E-state index contributed by atoms with van der Waals surface area (Å²) in [6, 6.07) is 0. The van der Waals surface area contributed by atoms with Gasteiger partial charge in [0.05, 0.1) is 0 Å². The van der Waals surface area contributed by atoms with Crippen LogP contribution < -0.4 is 5.32 Å². The second kappa shape index (κ2) is 6.72. The minimum atomic E-state index is -4.64. The Labute approximate surface area is 65.1 Å². The van der Waals surface area contributed by atoms with Crippen molar-refractivity contribution in [2.75, 3.05) is 6.54 Å². The van der Waals surface area contributed by atoms with E-state index < -0.39 is 7.82 Å². The van der Waals surface area contributed by atoms with Crippen molar-refractivity contribution in [2.24, 2.45) is 0 Å². The smallest absolute Gasteiger partial charge is 0.379 e. The van der Waals surface area contributed by atoms with Gasteiger partial charge in [-0.3, -0.25) is 5.32 Å². The van der Waals surface area contributed by atoms with Crippen molar-refractivity contribution in [3.8, 4) is 0 Å². The van der Waals surface area contributed by atoms with Crippen molar-refractivity contribution in [3.05, 3.63) is 0 Å². The van der Waals surface area contributed by atoms with E-state index in [0.717, 1.165) is 6.54 Å². The van der Waals surface area contributed by atoms with Gasteiger partial charge in [-0.2, -0.15) is 0 Å². The lowest BCUT2D eigenvalue weighted by Crippen LogP contribution is -2.24. The maximum absolute atomic E-state index is 8.88. The third kappa shape index (κ3) is 70.4. The lowest BCUT2D eigenvalue weighted by molar-refractivity contribution is 0.159. The van der Waals surface area contributed by atoms with Crippen LogP contribution in [-0.4, -0.2) is 32.6 Å². The Hall–Kier alpha value is 0.0300. The largest absolute Gasteiger partial charge is 0.466 e. The van der Waals surface area contributed by atoms with Crippen molar-refractivity contribution in [2.45, 2.75) is 20.1 Å². The molecule has 1 unspecified atom stereocenters. The first kappa shape index (κ1) is 13.6. The lowest BCUT2D eigenvalue weighted by atomic mass is 10.6. The van der Waals surface area contributed by atoms with Gasteiger partial charge in [-0.15, -0.1) is 0 Å². The Morgan fingerprint density at radius 3 is 1.73 bits per heavy atom. The first-order valence-corrected chi connectivity index (χ1v) is 4.53. The minimum Gasteiger partial charge on any atom is -0.379 e. The van der Waals surface area contributed by atoms with Gasteiger partial charge >= 0.3 is 7.82 Å². The fourth-order valence-electron chi connectivity index (χ4n) is 0.295. The molecule has 0 fully saturated rings. The molecular formula is C4H14NO5P. The molecule has 0 aliphatic carbocycles. The highest BCUT2D eigenvalue weighted by molar-refractivity contribution is 7.45. The van der Waals surface area contributed by atoms with Gasteiger partial charge in [0.15, 0.2) is 0 Å². The third-order valence-electron chi connectivity index (χ3n) is 0.500. The molecule has 7 heteroatoms. The summed E-state index contributed by atoms with van der Waals surface area (Å²) < 4.78 is 8.88.